The maximum Gasteiger partial charge on any atom is 0.221 e. The van der Waals surface area contributed by atoms with Gasteiger partial charge in [0.15, 0.2) is 0 Å². The molecule has 0 aromatic heterocycles. The van der Waals surface area contributed by atoms with Gasteiger partial charge in [-0.2, -0.15) is 0 Å². The smallest absolute Gasteiger partial charge is 0.221 e. The lowest BCUT2D eigenvalue weighted by molar-refractivity contribution is -0.122. The molecule has 1 aliphatic rings. The van der Waals surface area contributed by atoms with Crippen LogP contribution < -0.4 is 10.6 Å². The monoisotopic (exact) mass is 232 g/mol. The molecule has 1 aliphatic carbocycles. The molecular weight excluding hydrogens is 212 g/mol. The summed E-state index contributed by atoms with van der Waals surface area (Å²) in [5.41, 5.74) is 2.66. The molecule has 3 nitrogen and oxygen atoms in total. The van der Waals surface area contributed by atoms with Crippen LogP contribution in [0.4, 0.5) is 0 Å². The van der Waals surface area contributed by atoms with Gasteiger partial charge in [-0.05, 0) is 30.5 Å². The van der Waals surface area contributed by atoms with Gasteiger partial charge in [-0.25, -0.2) is 0 Å². The number of benzene rings is 1. The Morgan fingerprint density at radius 1 is 1.41 bits per heavy atom. The number of carbonyl (C=O) groups excluding carboxylic acids is 1. The third-order valence-corrected chi connectivity index (χ3v) is 3.42. The van der Waals surface area contributed by atoms with E-state index in [2.05, 4.69) is 35.8 Å². The predicted molar refractivity (Wildman–Crippen MR) is 68.7 cm³/mol. The van der Waals surface area contributed by atoms with E-state index in [4.69, 9.17) is 0 Å². The normalized spacial score (nSPS) is 22.2. The van der Waals surface area contributed by atoms with E-state index < -0.39 is 0 Å². The number of rotatable bonds is 4. The molecule has 2 atom stereocenters. The SMILES string of the molecule is CNCCC(=O)NC1c2ccccc2CC1C. The van der Waals surface area contributed by atoms with Crippen molar-refractivity contribution < 1.29 is 4.79 Å². The van der Waals surface area contributed by atoms with Crippen molar-refractivity contribution >= 4 is 5.91 Å². The van der Waals surface area contributed by atoms with Gasteiger partial charge in [-0.15, -0.1) is 0 Å². The van der Waals surface area contributed by atoms with Crippen molar-refractivity contribution in [2.45, 2.75) is 25.8 Å². The molecule has 1 aromatic rings. The second-order valence-electron chi connectivity index (χ2n) is 4.78. The Kier molecular flexibility index (Phi) is 3.79. The van der Waals surface area contributed by atoms with E-state index in [-0.39, 0.29) is 11.9 Å². The summed E-state index contributed by atoms with van der Waals surface area (Å²) in [7, 11) is 1.86. The molecule has 2 rings (SSSR count). The number of hydrogen-bond acceptors (Lipinski definition) is 2. The van der Waals surface area contributed by atoms with Gasteiger partial charge >= 0.3 is 0 Å². The van der Waals surface area contributed by atoms with Gasteiger partial charge in [-0.1, -0.05) is 31.2 Å². The third-order valence-electron chi connectivity index (χ3n) is 3.42. The highest BCUT2D eigenvalue weighted by Crippen LogP contribution is 2.35. The molecule has 0 saturated carbocycles. The number of carbonyl (C=O) groups is 1. The first-order valence-electron chi connectivity index (χ1n) is 6.24. The summed E-state index contributed by atoms with van der Waals surface area (Å²) in [6.07, 6.45) is 1.61. The van der Waals surface area contributed by atoms with Crippen LogP contribution in [-0.2, 0) is 11.2 Å². The zero-order valence-corrected chi connectivity index (χ0v) is 10.5. The summed E-state index contributed by atoms with van der Waals surface area (Å²) < 4.78 is 0. The number of hydrogen-bond donors (Lipinski definition) is 2. The fourth-order valence-corrected chi connectivity index (χ4v) is 2.50. The molecule has 0 aliphatic heterocycles. The molecule has 3 heteroatoms. The van der Waals surface area contributed by atoms with Crippen molar-refractivity contribution in [2.75, 3.05) is 13.6 Å². The summed E-state index contributed by atoms with van der Waals surface area (Å²) in [4.78, 5) is 11.8. The number of amides is 1. The van der Waals surface area contributed by atoms with Crippen molar-refractivity contribution in [1.29, 1.82) is 0 Å². The molecule has 0 heterocycles. The molecule has 0 spiro atoms. The van der Waals surface area contributed by atoms with Crippen molar-refractivity contribution in [1.82, 2.24) is 10.6 Å². The quantitative estimate of drug-likeness (QED) is 0.828. The second kappa shape index (κ2) is 5.32. The van der Waals surface area contributed by atoms with Gasteiger partial charge < -0.3 is 10.6 Å². The lowest BCUT2D eigenvalue weighted by Crippen LogP contribution is -2.32. The van der Waals surface area contributed by atoms with E-state index in [0.29, 0.717) is 12.3 Å². The summed E-state index contributed by atoms with van der Waals surface area (Å²) in [6, 6.07) is 8.59. The topological polar surface area (TPSA) is 41.1 Å². The average Bonchev–Trinajstić information content (AvgIpc) is 2.64. The van der Waals surface area contributed by atoms with Crippen LogP contribution in [0.25, 0.3) is 0 Å². The van der Waals surface area contributed by atoms with Crippen molar-refractivity contribution in [3.8, 4) is 0 Å². The summed E-state index contributed by atoms with van der Waals surface area (Å²) in [5.74, 6) is 0.624. The van der Waals surface area contributed by atoms with Crippen LogP contribution in [-0.4, -0.2) is 19.5 Å². The predicted octanol–water partition coefficient (Wildman–Crippen LogP) is 1.65. The van der Waals surface area contributed by atoms with Gasteiger partial charge in [-0.3, -0.25) is 4.79 Å². The summed E-state index contributed by atoms with van der Waals surface area (Å²) >= 11 is 0. The average molecular weight is 232 g/mol. The van der Waals surface area contributed by atoms with Crippen LogP contribution in [0.5, 0.6) is 0 Å². The Morgan fingerprint density at radius 2 is 2.18 bits per heavy atom. The Morgan fingerprint density at radius 3 is 2.94 bits per heavy atom. The highest BCUT2D eigenvalue weighted by molar-refractivity contribution is 5.76. The maximum absolute atomic E-state index is 11.8. The highest BCUT2D eigenvalue weighted by atomic mass is 16.1. The van der Waals surface area contributed by atoms with E-state index in [0.717, 1.165) is 13.0 Å². The first kappa shape index (κ1) is 12.1. The largest absolute Gasteiger partial charge is 0.349 e. The van der Waals surface area contributed by atoms with Crippen molar-refractivity contribution in [2.24, 2.45) is 5.92 Å². The molecule has 1 amide bonds. The van der Waals surface area contributed by atoms with Gasteiger partial charge in [0.2, 0.25) is 5.91 Å². The Balaban J connectivity index is 2.04. The van der Waals surface area contributed by atoms with Crippen LogP contribution in [0.15, 0.2) is 24.3 Å². The molecule has 1 aromatic carbocycles. The van der Waals surface area contributed by atoms with Crippen LogP contribution in [0.3, 0.4) is 0 Å². The minimum absolute atomic E-state index is 0.132. The zero-order valence-electron chi connectivity index (χ0n) is 10.5. The van der Waals surface area contributed by atoms with Crippen LogP contribution in [0.2, 0.25) is 0 Å². The first-order chi connectivity index (χ1) is 8.22. The van der Waals surface area contributed by atoms with Gasteiger partial charge in [0.05, 0.1) is 6.04 Å². The minimum Gasteiger partial charge on any atom is -0.349 e. The van der Waals surface area contributed by atoms with Gasteiger partial charge in [0.25, 0.3) is 0 Å². The maximum atomic E-state index is 11.8. The second-order valence-corrected chi connectivity index (χ2v) is 4.78. The molecule has 2 unspecified atom stereocenters. The van der Waals surface area contributed by atoms with E-state index in [1.165, 1.54) is 11.1 Å². The van der Waals surface area contributed by atoms with Crippen molar-refractivity contribution in [3.05, 3.63) is 35.4 Å². The molecule has 0 fully saturated rings. The van der Waals surface area contributed by atoms with Crippen LogP contribution in [0.1, 0.15) is 30.5 Å². The van der Waals surface area contributed by atoms with Gasteiger partial charge in [0, 0.05) is 13.0 Å². The Hall–Kier alpha value is -1.35. The Bertz CT molecular complexity index is 403. The molecule has 17 heavy (non-hydrogen) atoms. The lowest BCUT2D eigenvalue weighted by Gasteiger charge is -2.18. The minimum atomic E-state index is 0.132. The summed E-state index contributed by atoms with van der Waals surface area (Å²) in [5, 5.41) is 6.13. The van der Waals surface area contributed by atoms with Crippen LogP contribution in [0, 0.1) is 5.92 Å². The van der Waals surface area contributed by atoms with Crippen LogP contribution >= 0.6 is 0 Å². The molecule has 0 saturated heterocycles. The van der Waals surface area contributed by atoms with E-state index in [1.807, 2.05) is 13.1 Å². The summed E-state index contributed by atoms with van der Waals surface area (Å²) in [6.45, 7) is 2.93. The Labute approximate surface area is 103 Å². The lowest BCUT2D eigenvalue weighted by atomic mass is 10.0. The molecule has 0 radical (unpaired) electrons. The van der Waals surface area contributed by atoms with E-state index >= 15 is 0 Å². The van der Waals surface area contributed by atoms with E-state index in [9.17, 15) is 4.79 Å². The highest BCUT2D eigenvalue weighted by Gasteiger charge is 2.29. The van der Waals surface area contributed by atoms with E-state index in [1.54, 1.807) is 0 Å². The fraction of sp³-hybridized carbons (Fsp3) is 0.500. The fourth-order valence-electron chi connectivity index (χ4n) is 2.50. The standard InChI is InChI=1S/C14H20N2O/c1-10-9-11-5-3-4-6-12(11)14(10)16-13(17)7-8-15-2/h3-6,10,14-15H,7-9H2,1-2H3,(H,16,17). The zero-order chi connectivity index (χ0) is 12.3. The molecule has 92 valence electrons. The molecular formula is C14H20N2O. The molecule has 0 bridgehead atoms. The van der Waals surface area contributed by atoms with Gasteiger partial charge in [0.1, 0.15) is 0 Å². The molecule has 2 N–H and O–H groups in total. The first-order valence-corrected chi connectivity index (χ1v) is 6.24. The number of nitrogens with one attached hydrogen (secondary N) is 2. The third kappa shape index (κ3) is 2.67. The number of fused-ring (bicyclic) bond motifs is 1. The van der Waals surface area contributed by atoms with Crippen molar-refractivity contribution in [3.63, 3.8) is 0 Å².